The Kier molecular flexibility index (Phi) is 4.23. The molecule has 0 radical (unpaired) electrons. The van der Waals surface area contributed by atoms with Crippen molar-refractivity contribution in [2.24, 2.45) is 11.1 Å². The number of rotatable bonds is 5. The van der Waals surface area contributed by atoms with E-state index in [1.54, 1.807) is 13.1 Å². The molecule has 1 aromatic carbocycles. The van der Waals surface area contributed by atoms with Crippen molar-refractivity contribution in [1.82, 2.24) is 4.90 Å². The van der Waals surface area contributed by atoms with Crippen molar-refractivity contribution in [1.29, 1.82) is 0 Å². The van der Waals surface area contributed by atoms with Gasteiger partial charge in [0.15, 0.2) is 0 Å². The van der Waals surface area contributed by atoms with Crippen LogP contribution in [0.15, 0.2) is 45.7 Å². The number of carbonyl (C=O) groups is 1. The SMILES string of the molecule is C[C@@H]1C[C@H]1c1ccc(CN(C)C(=O)c2cccc(S(N)(=O)=O)c2)o1. The first-order chi connectivity index (χ1) is 11.3. The summed E-state index contributed by atoms with van der Waals surface area (Å²) in [5, 5.41) is 5.11. The Labute approximate surface area is 141 Å². The van der Waals surface area contributed by atoms with Gasteiger partial charge in [-0.05, 0) is 42.7 Å². The third-order valence-electron chi connectivity index (χ3n) is 4.31. The lowest BCUT2D eigenvalue weighted by atomic mass is 10.2. The van der Waals surface area contributed by atoms with Gasteiger partial charge in [0.1, 0.15) is 11.5 Å². The number of furan rings is 1. The lowest BCUT2D eigenvalue weighted by Crippen LogP contribution is -2.26. The Morgan fingerprint density at radius 1 is 1.33 bits per heavy atom. The van der Waals surface area contributed by atoms with Gasteiger partial charge in [0.05, 0.1) is 11.4 Å². The number of carbonyl (C=O) groups excluding carboxylic acids is 1. The number of benzene rings is 1. The maximum Gasteiger partial charge on any atom is 0.254 e. The minimum absolute atomic E-state index is 0.0789. The maximum absolute atomic E-state index is 12.5. The molecule has 6 nitrogen and oxygen atoms in total. The Bertz CT molecular complexity index is 872. The summed E-state index contributed by atoms with van der Waals surface area (Å²) in [4.78, 5) is 13.9. The fraction of sp³-hybridized carbons (Fsp3) is 0.353. The second-order valence-electron chi connectivity index (χ2n) is 6.36. The summed E-state index contributed by atoms with van der Waals surface area (Å²) in [5.41, 5.74) is 0.270. The molecule has 0 saturated heterocycles. The first-order valence-corrected chi connectivity index (χ1v) is 9.27. The van der Waals surface area contributed by atoms with E-state index < -0.39 is 10.0 Å². The molecule has 1 heterocycles. The molecule has 7 heteroatoms. The number of hydrogen-bond donors (Lipinski definition) is 1. The van der Waals surface area contributed by atoms with E-state index in [4.69, 9.17) is 9.56 Å². The molecule has 0 aliphatic heterocycles. The molecule has 0 spiro atoms. The minimum atomic E-state index is -3.84. The highest BCUT2D eigenvalue weighted by molar-refractivity contribution is 7.89. The van der Waals surface area contributed by atoms with Gasteiger partial charge in [-0.3, -0.25) is 4.79 Å². The maximum atomic E-state index is 12.5. The summed E-state index contributed by atoms with van der Waals surface area (Å²) >= 11 is 0. The quantitative estimate of drug-likeness (QED) is 0.897. The molecular formula is C17H20N2O4S. The molecule has 0 unspecified atom stereocenters. The van der Waals surface area contributed by atoms with E-state index in [2.05, 4.69) is 6.92 Å². The first-order valence-electron chi connectivity index (χ1n) is 7.72. The van der Waals surface area contributed by atoms with Crippen LogP contribution in [0, 0.1) is 5.92 Å². The largest absolute Gasteiger partial charge is 0.464 e. The van der Waals surface area contributed by atoms with Crippen LogP contribution in [0.4, 0.5) is 0 Å². The van der Waals surface area contributed by atoms with Gasteiger partial charge in [0.25, 0.3) is 5.91 Å². The van der Waals surface area contributed by atoms with Crippen molar-refractivity contribution in [3.63, 3.8) is 0 Å². The van der Waals surface area contributed by atoms with Gasteiger partial charge >= 0.3 is 0 Å². The normalized spacial score (nSPS) is 20.0. The molecule has 0 bridgehead atoms. The van der Waals surface area contributed by atoms with Crippen molar-refractivity contribution >= 4 is 15.9 Å². The van der Waals surface area contributed by atoms with E-state index in [1.807, 2.05) is 12.1 Å². The molecule has 3 rings (SSSR count). The molecule has 2 N–H and O–H groups in total. The number of hydrogen-bond acceptors (Lipinski definition) is 4. The first kappa shape index (κ1) is 16.7. The summed E-state index contributed by atoms with van der Waals surface area (Å²) in [6, 6.07) is 9.55. The summed E-state index contributed by atoms with van der Waals surface area (Å²) < 4.78 is 28.6. The molecule has 1 aliphatic carbocycles. The molecule has 1 fully saturated rings. The average molecular weight is 348 g/mol. The second-order valence-corrected chi connectivity index (χ2v) is 7.92. The van der Waals surface area contributed by atoms with E-state index in [-0.39, 0.29) is 16.4 Å². The van der Waals surface area contributed by atoms with Crippen molar-refractivity contribution in [2.45, 2.75) is 30.7 Å². The molecule has 2 atom stereocenters. The summed E-state index contributed by atoms with van der Waals surface area (Å²) in [6.45, 7) is 2.50. The van der Waals surface area contributed by atoms with Gasteiger partial charge in [-0.1, -0.05) is 13.0 Å². The fourth-order valence-corrected chi connectivity index (χ4v) is 3.29. The lowest BCUT2D eigenvalue weighted by Gasteiger charge is -2.16. The van der Waals surface area contributed by atoms with Crippen LogP contribution < -0.4 is 5.14 Å². The van der Waals surface area contributed by atoms with Crippen LogP contribution in [-0.4, -0.2) is 26.3 Å². The zero-order valence-electron chi connectivity index (χ0n) is 13.6. The highest BCUT2D eigenvalue weighted by Gasteiger charge is 2.36. The third-order valence-corrected chi connectivity index (χ3v) is 5.22. The van der Waals surface area contributed by atoms with Crippen molar-refractivity contribution in [2.75, 3.05) is 7.05 Å². The Morgan fingerprint density at radius 3 is 2.67 bits per heavy atom. The molecule has 24 heavy (non-hydrogen) atoms. The van der Waals surface area contributed by atoms with Gasteiger partial charge in [-0.25, -0.2) is 13.6 Å². The Hall–Kier alpha value is -2.12. The predicted octanol–water partition coefficient (Wildman–Crippen LogP) is 2.32. The van der Waals surface area contributed by atoms with E-state index in [9.17, 15) is 13.2 Å². The lowest BCUT2D eigenvalue weighted by molar-refractivity contribution is 0.0774. The molecule has 1 aliphatic rings. The molecule has 2 aromatic rings. The van der Waals surface area contributed by atoms with Crippen LogP contribution in [0.1, 0.15) is 41.1 Å². The third kappa shape index (κ3) is 3.52. The zero-order chi connectivity index (χ0) is 17.5. The van der Waals surface area contributed by atoms with Crippen LogP contribution in [0.2, 0.25) is 0 Å². The number of primary sulfonamides is 1. The zero-order valence-corrected chi connectivity index (χ0v) is 14.4. The minimum Gasteiger partial charge on any atom is -0.464 e. The van der Waals surface area contributed by atoms with Crippen molar-refractivity contribution in [3.05, 3.63) is 53.5 Å². The van der Waals surface area contributed by atoms with Gasteiger partial charge in [0, 0.05) is 18.5 Å². The molecular weight excluding hydrogens is 328 g/mol. The summed E-state index contributed by atoms with van der Waals surface area (Å²) in [5.74, 6) is 2.53. The molecule has 1 aromatic heterocycles. The second kappa shape index (κ2) is 6.07. The van der Waals surface area contributed by atoms with Crippen LogP contribution in [-0.2, 0) is 16.6 Å². The molecule has 128 valence electrons. The Balaban J connectivity index is 1.72. The average Bonchev–Trinajstić information content (AvgIpc) is 3.08. The van der Waals surface area contributed by atoms with Crippen LogP contribution in [0.5, 0.6) is 0 Å². The number of nitrogens with zero attached hydrogens (tertiary/aromatic N) is 1. The standard InChI is InChI=1S/C17H20N2O4S/c1-11-8-15(11)16-7-6-13(23-16)10-19(2)17(20)12-4-3-5-14(9-12)24(18,21)22/h3-7,9,11,15H,8,10H2,1-2H3,(H2,18,21,22)/t11-,15-/m1/s1. The van der Waals surface area contributed by atoms with Gasteiger partial charge in [-0.15, -0.1) is 0 Å². The van der Waals surface area contributed by atoms with Crippen molar-refractivity contribution < 1.29 is 17.6 Å². The van der Waals surface area contributed by atoms with Crippen molar-refractivity contribution in [3.8, 4) is 0 Å². The molecule has 1 amide bonds. The monoisotopic (exact) mass is 348 g/mol. The Morgan fingerprint density at radius 2 is 2.04 bits per heavy atom. The highest BCUT2D eigenvalue weighted by Crippen LogP contribution is 2.47. The number of nitrogens with two attached hydrogens (primary N) is 1. The highest BCUT2D eigenvalue weighted by atomic mass is 32.2. The number of sulfonamides is 1. The summed E-state index contributed by atoms with van der Waals surface area (Å²) in [6.07, 6.45) is 1.14. The van der Waals surface area contributed by atoms with E-state index in [0.29, 0.717) is 24.1 Å². The fourth-order valence-electron chi connectivity index (χ4n) is 2.73. The van der Waals surface area contributed by atoms with E-state index in [0.717, 1.165) is 12.2 Å². The van der Waals surface area contributed by atoms with Crippen LogP contribution in [0.25, 0.3) is 0 Å². The molecule has 1 saturated carbocycles. The van der Waals surface area contributed by atoms with Gasteiger partial charge < -0.3 is 9.32 Å². The van der Waals surface area contributed by atoms with E-state index >= 15 is 0 Å². The predicted molar refractivity (Wildman–Crippen MR) is 88.8 cm³/mol. The smallest absolute Gasteiger partial charge is 0.254 e. The topological polar surface area (TPSA) is 93.6 Å². The van der Waals surface area contributed by atoms with Gasteiger partial charge in [-0.2, -0.15) is 0 Å². The van der Waals surface area contributed by atoms with Gasteiger partial charge in [0.2, 0.25) is 10.0 Å². The van der Waals surface area contributed by atoms with E-state index in [1.165, 1.54) is 23.1 Å². The van der Waals surface area contributed by atoms with Crippen LogP contribution >= 0.6 is 0 Å². The number of amides is 1. The summed E-state index contributed by atoms with van der Waals surface area (Å²) in [7, 11) is -2.19. The van der Waals surface area contributed by atoms with Crippen LogP contribution in [0.3, 0.4) is 0 Å².